The molecule has 1 heterocycles. The highest BCUT2D eigenvalue weighted by Crippen LogP contribution is 2.26. The van der Waals surface area contributed by atoms with Gasteiger partial charge in [0.25, 0.3) is 5.91 Å². The summed E-state index contributed by atoms with van der Waals surface area (Å²) in [6, 6.07) is 19.9. The number of rotatable bonds is 8. The van der Waals surface area contributed by atoms with Gasteiger partial charge in [0.15, 0.2) is 4.34 Å². The molecule has 0 saturated carbocycles. The molecule has 2 amide bonds. The molecule has 0 spiro atoms. The molecule has 0 aliphatic rings. The van der Waals surface area contributed by atoms with Gasteiger partial charge in [-0.2, -0.15) is 0 Å². The van der Waals surface area contributed by atoms with Gasteiger partial charge < -0.3 is 10.1 Å². The SMILES string of the molecule is CCOC(=O)c1ccccc1NC(=O)CSc1nnc(NC(=O)c2ccc3ccccc3c2)s1. The lowest BCUT2D eigenvalue weighted by atomic mass is 10.1. The number of carbonyl (C=O) groups excluding carboxylic acids is 3. The first-order chi connectivity index (χ1) is 16.5. The van der Waals surface area contributed by atoms with Gasteiger partial charge in [0.05, 0.1) is 23.6 Å². The second-order valence-corrected chi connectivity index (χ2v) is 9.19. The summed E-state index contributed by atoms with van der Waals surface area (Å²) in [5.74, 6) is -1.03. The maximum atomic E-state index is 12.6. The number of amides is 2. The lowest BCUT2D eigenvalue weighted by molar-refractivity contribution is -0.113. The molecule has 0 saturated heterocycles. The molecular formula is C24H20N4O4S2. The summed E-state index contributed by atoms with van der Waals surface area (Å²) in [6.45, 7) is 1.96. The highest BCUT2D eigenvalue weighted by atomic mass is 32.2. The van der Waals surface area contributed by atoms with Crippen LogP contribution >= 0.6 is 23.1 Å². The minimum absolute atomic E-state index is 0.0599. The lowest BCUT2D eigenvalue weighted by Crippen LogP contribution is -2.17. The van der Waals surface area contributed by atoms with Crippen LogP contribution in [0.4, 0.5) is 10.8 Å². The molecule has 1 aromatic heterocycles. The van der Waals surface area contributed by atoms with Crippen LogP contribution in [0.1, 0.15) is 27.6 Å². The van der Waals surface area contributed by atoms with Crippen LogP contribution in [0.2, 0.25) is 0 Å². The van der Waals surface area contributed by atoms with E-state index in [0.29, 0.717) is 20.7 Å². The molecule has 4 rings (SSSR count). The number of esters is 1. The van der Waals surface area contributed by atoms with E-state index in [4.69, 9.17) is 4.74 Å². The zero-order chi connectivity index (χ0) is 23.9. The molecule has 2 N–H and O–H groups in total. The monoisotopic (exact) mass is 492 g/mol. The van der Waals surface area contributed by atoms with Crippen molar-refractivity contribution in [2.24, 2.45) is 0 Å². The highest BCUT2D eigenvalue weighted by Gasteiger charge is 2.16. The predicted octanol–water partition coefficient (Wildman–Crippen LogP) is 4.85. The molecule has 10 heteroatoms. The zero-order valence-electron chi connectivity index (χ0n) is 18.1. The van der Waals surface area contributed by atoms with Crippen molar-refractivity contribution in [3.05, 3.63) is 77.9 Å². The number of para-hydroxylation sites is 1. The van der Waals surface area contributed by atoms with E-state index < -0.39 is 5.97 Å². The fourth-order valence-corrected chi connectivity index (χ4v) is 4.66. The number of ether oxygens (including phenoxy) is 1. The Labute approximate surface area is 203 Å². The Hall–Kier alpha value is -3.76. The number of fused-ring (bicyclic) bond motifs is 1. The molecule has 0 unspecified atom stereocenters. The largest absolute Gasteiger partial charge is 0.462 e. The molecule has 0 aliphatic heterocycles. The second-order valence-electron chi connectivity index (χ2n) is 6.99. The van der Waals surface area contributed by atoms with E-state index in [9.17, 15) is 14.4 Å². The van der Waals surface area contributed by atoms with Crippen LogP contribution in [0.15, 0.2) is 71.1 Å². The summed E-state index contributed by atoms with van der Waals surface area (Å²) < 4.78 is 5.55. The third kappa shape index (κ3) is 5.77. The van der Waals surface area contributed by atoms with E-state index in [-0.39, 0.29) is 29.7 Å². The van der Waals surface area contributed by atoms with Crippen LogP contribution in [-0.4, -0.2) is 40.3 Å². The normalized spacial score (nSPS) is 10.6. The summed E-state index contributed by atoms with van der Waals surface area (Å²) in [5, 5.41) is 15.8. The lowest BCUT2D eigenvalue weighted by Gasteiger charge is -2.09. The van der Waals surface area contributed by atoms with Gasteiger partial charge in [-0.15, -0.1) is 10.2 Å². The maximum Gasteiger partial charge on any atom is 0.340 e. The first-order valence-corrected chi connectivity index (χ1v) is 12.2. The Morgan fingerprint density at radius 1 is 0.941 bits per heavy atom. The van der Waals surface area contributed by atoms with Gasteiger partial charge in [-0.05, 0) is 42.0 Å². The van der Waals surface area contributed by atoms with Crippen molar-refractivity contribution in [3.63, 3.8) is 0 Å². The fourth-order valence-electron chi connectivity index (χ4n) is 3.11. The van der Waals surface area contributed by atoms with E-state index in [2.05, 4.69) is 20.8 Å². The number of hydrogen-bond donors (Lipinski definition) is 2. The standard InChI is InChI=1S/C24H20N4O4S2/c1-2-32-22(31)18-9-5-6-10-19(18)25-20(29)14-33-24-28-27-23(34-24)26-21(30)17-12-11-15-7-3-4-8-16(15)13-17/h3-13H,2,14H2,1H3,(H,25,29)(H,26,27,30). The molecule has 0 aliphatic carbocycles. The summed E-state index contributed by atoms with van der Waals surface area (Å²) in [5.41, 5.74) is 1.19. The van der Waals surface area contributed by atoms with Crippen molar-refractivity contribution in [3.8, 4) is 0 Å². The molecule has 0 atom stereocenters. The predicted molar refractivity (Wildman–Crippen MR) is 134 cm³/mol. The van der Waals surface area contributed by atoms with E-state index >= 15 is 0 Å². The fraction of sp³-hybridized carbons (Fsp3) is 0.125. The van der Waals surface area contributed by atoms with E-state index in [1.165, 1.54) is 23.1 Å². The van der Waals surface area contributed by atoms with Crippen molar-refractivity contribution in [1.82, 2.24) is 10.2 Å². The summed E-state index contributed by atoms with van der Waals surface area (Å²) in [6.07, 6.45) is 0. The first-order valence-electron chi connectivity index (χ1n) is 10.4. The first kappa shape index (κ1) is 23.4. The number of aromatic nitrogens is 2. The van der Waals surface area contributed by atoms with Crippen molar-refractivity contribution < 1.29 is 19.1 Å². The van der Waals surface area contributed by atoms with Crippen molar-refractivity contribution in [2.45, 2.75) is 11.3 Å². The van der Waals surface area contributed by atoms with Crippen LogP contribution in [0.3, 0.4) is 0 Å². The summed E-state index contributed by atoms with van der Waals surface area (Å²) in [4.78, 5) is 37.0. The number of anilines is 2. The van der Waals surface area contributed by atoms with Gasteiger partial charge in [0, 0.05) is 5.56 Å². The average Bonchev–Trinajstić information content (AvgIpc) is 3.30. The average molecular weight is 493 g/mol. The zero-order valence-corrected chi connectivity index (χ0v) is 19.7. The van der Waals surface area contributed by atoms with E-state index in [0.717, 1.165) is 10.8 Å². The minimum atomic E-state index is -0.498. The molecule has 4 aromatic rings. The van der Waals surface area contributed by atoms with E-state index in [1.54, 1.807) is 37.3 Å². The summed E-state index contributed by atoms with van der Waals surface area (Å²) >= 11 is 2.36. The molecule has 34 heavy (non-hydrogen) atoms. The molecule has 0 radical (unpaired) electrons. The number of hydrogen-bond acceptors (Lipinski definition) is 8. The van der Waals surface area contributed by atoms with Gasteiger partial charge in [0.2, 0.25) is 11.0 Å². The third-order valence-corrected chi connectivity index (χ3v) is 6.63. The molecule has 172 valence electrons. The highest BCUT2D eigenvalue weighted by molar-refractivity contribution is 8.01. The molecule has 0 bridgehead atoms. The topological polar surface area (TPSA) is 110 Å². The number of nitrogens with zero attached hydrogens (tertiary/aromatic N) is 2. The number of benzene rings is 3. The number of carbonyl (C=O) groups is 3. The van der Waals surface area contributed by atoms with Gasteiger partial charge in [-0.3, -0.25) is 14.9 Å². The molecule has 3 aromatic carbocycles. The Bertz CT molecular complexity index is 1360. The van der Waals surface area contributed by atoms with Crippen LogP contribution in [0.5, 0.6) is 0 Å². The molecule has 8 nitrogen and oxygen atoms in total. The second kappa shape index (κ2) is 10.9. The van der Waals surface area contributed by atoms with Crippen molar-refractivity contribution in [1.29, 1.82) is 0 Å². The van der Waals surface area contributed by atoms with Crippen LogP contribution < -0.4 is 10.6 Å². The van der Waals surface area contributed by atoms with Gasteiger partial charge in [-0.1, -0.05) is 65.6 Å². The van der Waals surface area contributed by atoms with Crippen molar-refractivity contribution in [2.75, 3.05) is 23.0 Å². The molecule has 0 fully saturated rings. The summed E-state index contributed by atoms with van der Waals surface area (Å²) in [7, 11) is 0. The van der Waals surface area contributed by atoms with Crippen LogP contribution in [0.25, 0.3) is 10.8 Å². The molecular weight excluding hydrogens is 472 g/mol. The quantitative estimate of drug-likeness (QED) is 0.205. The minimum Gasteiger partial charge on any atom is -0.462 e. The smallest absolute Gasteiger partial charge is 0.340 e. The maximum absolute atomic E-state index is 12.6. The van der Waals surface area contributed by atoms with Crippen LogP contribution in [0, 0.1) is 0 Å². The number of thioether (sulfide) groups is 1. The number of nitrogens with one attached hydrogen (secondary N) is 2. The Balaban J connectivity index is 1.33. The van der Waals surface area contributed by atoms with E-state index in [1.807, 2.05) is 36.4 Å². The Morgan fingerprint density at radius 2 is 1.71 bits per heavy atom. The third-order valence-electron chi connectivity index (χ3n) is 4.66. The van der Waals surface area contributed by atoms with Gasteiger partial charge in [-0.25, -0.2) is 4.79 Å². The van der Waals surface area contributed by atoms with Gasteiger partial charge >= 0.3 is 5.97 Å². The van der Waals surface area contributed by atoms with Crippen LogP contribution in [-0.2, 0) is 9.53 Å². The Morgan fingerprint density at radius 3 is 2.53 bits per heavy atom. The Kier molecular flexibility index (Phi) is 7.51. The van der Waals surface area contributed by atoms with Gasteiger partial charge in [0.1, 0.15) is 0 Å². The van der Waals surface area contributed by atoms with Crippen molar-refractivity contribution >= 4 is 62.5 Å².